The van der Waals surface area contributed by atoms with Crippen LogP contribution in [0.1, 0.15) is 38.5 Å². The van der Waals surface area contributed by atoms with Crippen molar-refractivity contribution in [2.75, 3.05) is 27.3 Å². The quantitative estimate of drug-likeness (QED) is 0.710. The van der Waals surface area contributed by atoms with Crippen LogP contribution in [0.5, 0.6) is 0 Å². The van der Waals surface area contributed by atoms with Crippen LogP contribution >= 0.6 is 0 Å². The Hall–Kier alpha value is -1.14. The Morgan fingerprint density at radius 1 is 0.900 bits per heavy atom. The minimum absolute atomic E-state index is 0.229. The SMILES string of the molecule is COC(=O)[C@]1(CC[C@@]2(C(=O)OC)CCCN2)CCCN1. The predicted molar refractivity (Wildman–Crippen MR) is 73.2 cm³/mol. The molecule has 0 aromatic rings. The summed E-state index contributed by atoms with van der Waals surface area (Å²) in [5.74, 6) is -0.457. The monoisotopic (exact) mass is 284 g/mol. The Bertz CT molecular complexity index is 335. The smallest absolute Gasteiger partial charge is 0.326 e. The van der Waals surface area contributed by atoms with Gasteiger partial charge in [0.1, 0.15) is 11.1 Å². The molecule has 20 heavy (non-hydrogen) atoms. The maximum atomic E-state index is 12.1. The van der Waals surface area contributed by atoms with Gasteiger partial charge >= 0.3 is 11.9 Å². The van der Waals surface area contributed by atoms with E-state index in [1.165, 1.54) is 14.2 Å². The molecule has 6 heteroatoms. The minimum Gasteiger partial charge on any atom is -0.468 e. The van der Waals surface area contributed by atoms with Crippen LogP contribution in [-0.4, -0.2) is 50.3 Å². The lowest BCUT2D eigenvalue weighted by Crippen LogP contribution is -2.53. The number of hydrogen-bond donors (Lipinski definition) is 2. The Labute approximate surface area is 119 Å². The number of ether oxygens (including phenoxy) is 2. The van der Waals surface area contributed by atoms with E-state index in [1.807, 2.05) is 0 Å². The Kier molecular flexibility index (Phi) is 4.65. The third kappa shape index (κ3) is 2.67. The number of methoxy groups -OCH3 is 2. The summed E-state index contributed by atoms with van der Waals surface area (Å²) < 4.78 is 9.87. The van der Waals surface area contributed by atoms with E-state index in [0.717, 1.165) is 38.8 Å². The van der Waals surface area contributed by atoms with E-state index in [2.05, 4.69) is 10.6 Å². The van der Waals surface area contributed by atoms with Crippen molar-refractivity contribution in [3.63, 3.8) is 0 Å². The first-order valence-corrected chi connectivity index (χ1v) is 7.25. The van der Waals surface area contributed by atoms with Crippen molar-refractivity contribution in [1.29, 1.82) is 0 Å². The Balaban J connectivity index is 2.08. The molecule has 0 aliphatic carbocycles. The summed E-state index contributed by atoms with van der Waals surface area (Å²) in [6.07, 6.45) is 4.60. The summed E-state index contributed by atoms with van der Waals surface area (Å²) in [4.78, 5) is 24.1. The third-order valence-electron chi connectivity index (χ3n) is 4.62. The van der Waals surface area contributed by atoms with E-state index in [-0.39, 0.29) is 11.9 Å². The molecule has 2 aliphatic rings. The van der Waals surface area contributed by atoms with Gasteiger partial charge in [0, 0.05) is 0 Å². The maximum Gasteiger partial charge on any atom is 0.326 e. The lowest BCUT2D eigenvalue weighted by atomic mass is 9.83. The molecular formula is C14H24N2O4. The molecule has 2 N–H and O–H groups in total. The lowest BCUT2D eigenvalue weighted by molar-refractivity contribution is -0.151. The predicted octanol–water partition coefficient (Wildman–Crippen LogP) is 0.357. The molecule has 2 heterocycles. The summed E-state index contributed by atoms with van der Waals surface area (Å²) >= 11 is 0. The zero-order valence-corrected chi connectivity index (χ0v) is 12.3. The van der Waals surface area contributed by atoms with Gasteiger partial charge in [-0.3, -0.25) is 9.59 Å². The van der Waals surface area contributed by atoms with Crippen LogP contribution in [0.2, 0.25) is 0 Å². The molecule has 2 fully saturated rings. The summed E-state index contributed by atoms with van der Waals surface area (Å²) in [5, 5.41) is 6.53. The molecular weight excluding hydrogens is 260 g/mol. The molecule has 0 saturated carbocycles. The third-order valence-corrected chi connectivity index (χ3v) is 4.62. The number of nitrogens with one attached hydrogen (secondary N) is 2. The van der Waals surface area contributed by atoms with Crippen LogP contribution in [0.3, 0.4) is 0 Å². The van der Waals surface area contributed by atoms with Gasteiger partial charge in [0.25, 0.3) is 0 Å². The van der Waals surface area contributed by atoms with Crippen LogP contribution in [0, 0.1) is 0 Å². The number of esters is 2. The van der Waals surface area contributed by atoms with Crippen LogP contribution in [0.4, 0.5) is 0 Å². The molecule has 0 spiro atoms. The van der Waals surface area contributed by atoms with Crippen LogP contribution in [-0.2, 0) is 19.1 Å². The van der Waals surface area contributed by atoms with Gasteiger partial charge in [-0.15, -0.1) is 0 Å². The highest BCUT2D eigenvalue weighted by molar-refractivity contribution is 5.83. The fraction of sp³-hybridized carbons (Fsp3) is 0.857. The topological polar surface area (TPSA) is 76.7 Å². The molecule has 0 aromatic heterocycles. The van der Waals surface area contributed by atoms with Gasteiger partial charge in [0.2, 0.25) is 0 Å². The lowest BCUT2D eigenvalue weighted by Gasteiger charge is -2.32. The second kappa shape index (κ2) is 6.10. The van der Waals surface area contributed by atoms with Crippen molar-refractivity contribution in [1.82, 2.24) is 10.6 Å². The molecule has 0 amide bonds. The highest BCUT2D eigenvalue weighted by atomic mass is 16.5. The number of carbonyl (C=O) groups is 2. The number of rotatable bonds is 5. The zero-order chi connectivity index (χ0) is 14.6. The normalized spacial score (nSPS) is 33.1. The van der Waals surface area contributed by atoms with Crippen LogP contribution in [0.15, 0.2) is 0 Å². The van der Waals surface area contributed by atoms with Crippen molar-refractivity contribution >= 4 is 11.9 Å². The Morgan fingerprint density at radius 3 is 1.55 bits per heavy atom. The van der Waals surface area contributed by atoms with Crippen molar-refractivity contribution in [3.05, 3.63) is 0 Å². The number of hydrogen-bond acceptors (Lipinski definition) is 6. The molecule has 0 radical (unpaired) electrons. The molecule has 0 aromatic carbocycles. The second-order valence-corrected chi connectivity index (χ2v) is 5.71. The highest BCUT2D eigenvalue weighted by Crippen LogP contribution is 2.33. The average molecular weight is 284 g/mol. The second-order valence-electron chi connectivity index (χ2n) is 5.71. The van der Waals surface area contributed by atoms with Gasteiger partial charge in [-0.05, 0) is 51.6 Å². The van der Waals surface area contributed by atoms with Gasteiger partial charge in [-0.25, -0.2) is 0 Å². The van der Waals surface area contributed by atoms with E-state index in [4.69, 9.17) is 9.47 Å². The summed E-state index contributed by atoms with van der Waals surface area (Å²) in [5.41, 5.74) is -1.28. The average Bonchev–Trinajstić information content (AvgIpc) is 3.14. The van der Waals surface area contributed by atoms with Gasteiger partial charge < -0.3 is 20.1 Å². The standard InChI is InChI=1S/C14H24N2O4/c1-19-11(17)13(5-3-9-15-13)7-8-14(12(18)20-2)6-4-10-16-14/h15-16H,3-10H2,1-2H3/t13-,14-/m1/s1. The van der Waals surface area contributed by atoms with Gasteiger partial charge in [-0.1, -0.05) is 0 Å². The maximum absolute atomic E-state index is 12.1. The van der Waals surface area contributed by atoms with E-state index in [9.17, 15) is 9.59 Å². The van der Waals surface area contributed by atoms with Crippen molar-refractivity contribution in [2.45, 2.75) is 49.6 Å². The van der Waals surface area contributed by atoms with Crippen molar-refractivity contribution in [3.8, 4) is 0 Å². The molecule has 2 aliphatic heterocycles. The fourth-order valence-electron chi connectivity index (χ4n) is 3.41. The molecule has 0 bridgehead atoms. The van der Waals surface area contributed by atoms with E-state index >= 15 is 0 Å². The number of carbonyl (C=O) groups excluding carboxylic acids is 2. The zero-order valence-electron chi connectivity index (χ0n) is 12.3. The van der Waals surface area contributed by atoms with Gasteiger partial charge in [0.05, 0.1) is 14.2 Å². The first kappa shape index (κ1) is 15.3. The van der Waals surface area contributed by atoms with Gasteiger partial charge in [-0.2, -0.15) is 0 Å². The molecule has 114 valence electrons. The summed E-state index contributed by atoms with van der Waals surface area (Å²) in [6, 6.07) is 0. The Morgan fingerprint density at radius 2 is 1.30 bits per heavy atom. The van der Waals surface area contributed by atoms with E-state index in [0.29, 0.717) is 12.8 Å². The van der Waals surface area contributed by atoms with Crippen molar-refractivity contribution in [2.24, 2.45) is 0 Å². The van der Waals surface area contributed by atoms with Gasteiger partial charge in [0.15, 0.2) is 0 Å². The molecule has 2 saturated heterocycles. The summed E-state index contributed by atoms with van der Waals surface area (Å²) in [6.45, 7) is 1.63. The highest BCUT2D eigenvalue weighted by Gasteiger charge is 2.47. The molecule has 0 unspecified atom stereocenters. The fourth-order valence-corrected chi connectivity index (χ4v) is 3.41. The van der Waals surface area contributed by atoms with Crippen LogP contribution < -0.4 is 10.6 Å². The molecule has 6 nitrogen and oxygen atoms in total. The first-order valence-electron chi connectivity index (χ1n) is 7.25. The van der Waals surface area contributed by atoms with Crippen molar-refractivity contribution < 1.29 is 19.1 Å². The minimum atomic E-state index is -0.639. The first-order chi connectivity index (χ1) is 9.58. The largest absolute Gasteiger partial charge is 0.468 e. The summed E-state index contributed by atoms with van der Waals surface area (Å²) in [7, 11) is 2.82. The van der Waals surface area contributed by atoms with E-state index in [1.54, 1.807) is 0 Å². The molecule has 2 rings (SSSR count). The van der Waals surface area contributed by atoms with Crippen LogP contribution in [0.25, 0.3) is 0 Å². The molecule has 2 atom stereocenters. The van der Waals surface area contributed by atoms with E-state index < -0.39 is 11.1 Å².